The summed E-state index contributed by atoms with van der Waals surface area (Å²) in [6.07, 6.45) is 3.51. The van der Waals surface area contributed by atoms with Crippen LogP contribution >= 0.6 is 0 Å². The molecule has 0 saturated heterocycles. The van der Waals surface area contributed by atoms with Gasteiger partial charge in [0.15, 0.2) is 0 Å². The van der Waals surface area contributed by atoms with Gasteiger partial charge in [0.05, 0.1) is 12.1 Å². The van der Waals surface area contributed by atoms with Crippen LogP contribution in [0.3, 0.4) is 0 Å². The van der Waals surface area contributed by atoms with Crippen molar-refractivity contribution < 1.29 is 9.53 Å². The first-order chi connectivity index (χ1) is 11.7. The lowest BCUT2D eigenvalue weighted by Crippen LogP contribution is -2.05. The Kier molecular flexibility index (Phi) is 4.44. The number of aromatic nitrogens is 1. The Morgan fingerprint density at radius 3 is 2.58 bits per heavy atom. The molecule has 2 aromatic carbocycles. The molecule has 3 aromatic rings. The zero-order chi connectivity index (χ0) is 16.9. The maximum Gasteiger partial charge on any atom is 0.348 e. The molecule has 0 amide bonds. The summed E-state index contributed by atoms with van der Waals surface area (Å²) in [4.78, 5) is 11.9. The van der Waals surface area contributed by atoms with Gasteiger partial charge in [0, 0.05) is 22.8 Å². The minimum atomic E-state index is -0.600. The summed E-state index contributed by atoms with van der Waals surface area (Å²) in [6, 6.07) is 19.7. The average Bonchev–Trinajstić information content (AvgIpc) is 2.99. The van der Waals surface area contributed by atoms with Crippen LogP contribution in [0.4, 0.5) is 0 Å². The van der Waals surface area contributed by atoms with E-state index in [0.717, 1.165) is 22.2 Å². The topological polar surface area (TPSA) is 55.0 Å². The number of ether oxygens (including phenoxy) is 1. The Labute approximate surface area is 140 Å². The molecule has 0 spiro atoms. The molecule has 24 heavy (non-hydrogen) atoms. The van der Waals surface area contributed by atoms with Crippen LogP contribution in [0.15, 0.2) is 66.4 Å². The van der Waals surface area contributed by atoms with E-state index in [1.807, 2.05) is 71.4 Å². The van der Waals surface area contributed by atoms with E-state index in [1.54, 1.807) is 13.0 Å². The minimum absolute atomic E-state index is 0.00665. The third kappa shape index (κ3) is 2.92. The summed E-state index contributed by atoms with van der Waals surface area (Å²) < 4.78 is 6.98. The van der Waals surface area contributed by atoms with Crippen LogP contribution in [-0.4, -0.2) is 17.1 Å². The van der Waals surface area contributed by atoms with Crippen molar-refractivity contribution in [2.24, 2.45) is 0 Å². The standard InChI is InChI=1S/C20H16N2O2/c1-2-24-20(23)15(13-21)12-16-14-22(17-8-4-3-5-9-17)19-11-7-6-10-18(16)19/h3-12,14H,2H2,1H3. The van der Waals surface area contributed by atoms with Gasteiger partial charge in [-0.15, -0.1) is 0 Å². The molecule has 0 aliphatic carbocycles. The quantitative estimate of drug-likeness (QED) is 0.413. The van der Waals surface area contributed by atoms with E-state index in [0.29, 0.717) is 0 Å². The molecule has 0 bridgehead atoms. The van der Waals surface area contributed by atoms with Crippen LogP contribution in [0.1, 0.15) is 12.5 Å². The molecule has 1 aromatic heterocycles. The zero-order valence-electron chi connectivity index (χ0n) is 13.3. The third-order valence-corrected chi connectivity index (χ3v) is 3.69. The smallest absolute Gasteiger partial charge is 0.348 e. The fraction of sp³-hybridized carbons (Fsp3) is 0.100. The summed E-state index contributed by atoms with van der Waals surface area (Å²) in [7, 11) is 0. The van der Waals surface area contributed by atoms with Gasteiger partial charge < -0.3 is 9.30 Å². The third-order valence-electron chi connectivity index (χ3n) is 3.69. The van der Waals surface area contributed by atoms with Gasteiger partial charge >= 0.3 is 5.97 Å². The monoisotopic (exact) mass is 316 g/mol. The SMILES string of the molecule is CCOC(=O)C(C#N)=Cc1cn(-c2ccccc2)c2ccccc12. The van der Waals surface area contributed by atoms with Crippen molar-refractivity contribution in [1.29, 1.82) is 5.26 Å². The van der Waals surface area contributed by atoms with E-state index in [-0.39, 0.29) is 12.2 Å². The molecular weight excluding hydrogens is 300 g/mol. The van der Waals surface area contributed by atoms with Crippen LogP contribution in [0.2, 0.25) is 0 Å². The van der Waals surface area contributed by atoms with E-state index < -0.39 is 5.97 Å². The number of nitrogens with zero attached hydrogens (tertiary/aromatic N) is 2. The predicted octanol–water partition coefficient (Wildman–Crippen LogP) is 4.10. The van der Waals surface area contributed by atoms with Gasteiger partial charge in [0.25, 0.3) is 0 Å². The molecular formula is C20H16N2O2. The Balaban J connectivity index is 2.16. The molecule has 4 nitrogen and oxygen atoms in total. The molecule has 118 valence electrons. The molecule has 0 fully saturated rings. The average molecular weight is 316 g/mol. The highest BCUT2D eigenvalue weighted by Crippen LogP contribution is 2.26. The summed E-state index contributed by atoms with van der Waals surface area (Å²) in [5.41, 5.74) is 2.82. The van der Waals surface area contributed by atoms with Crippen molar-refractivity contribution in [3.8, 4) is 11.8 Å². The van der Waals surface area contributed by atoms with E-state index >= 15 is 0 Å². The fourth-order valence-corrected chi connectivity index (χ4v) is 2.62. The summed E-state index contributed by atoms with van der Waals surface area (Å²) in [6.45, 7) is 1.96. The summed E-state index contributed by atoms with van der Waals surface area (Å²) in [5, 5.41) is 10.2. The number of nitriles is 1. The van der Waals surface area contributed by atoms with Gasteiger partial charge in [-0.2, -0.15) is 5.26 Å². The second-order valence-corrected chi connectivity index (χ2v) is 5.20. The molecule has 0 aliphatic heterocycles. The molecule has 0 atom stereocenters. The summed E-state index contributed by atoms with van der Waals surface area (Å²) >= 11 is 0. The lowest BCUT2D eigenvalue weighted by Gasteiger charge is -2.04. The summed E-state index contributed by atoms with van der Waals surface area (Å²) in [5.74, 6) is -0.600. The highest BCUT2D eigenvalue weighted by Gasteiger charge is 2.13. The molecule has 0 unspecified atom stereocenters. The van der Waals surface area contributed by atoms with Crippen LogP contribution in [-0.2, 0) is 9.53 Å². The van der Waals surface area contributed by atoms with Crippen LogP contribution in [0.25, 0.3) is 22.7 Å². The minimum Gasteiger partial charge on any atom is -0.462 e. The van der Waals surface area contributed by atoms with Gasteiger partial charge in [-0.1, -0.05) is 36.4 Å². The predicted molar refractivity (Wildman–Crippen MR) is 93.5 cm³/mol. The van der Waals surface area contributed by atoms with Crippen molar-refractivity contribution in [3.63, 3.8) is 0 Å². The lowest BCUT2D eigenvalue weighted by molar-refractivity contribution is -0.137. The molecule has 0 N–H and O–H groups in total. The Hall–Kier alpha value is -3.32. The number of rotatable bonds is 4. The van der Waals surface area contributed by atoms with Gasteiger partial charge in [-0.05, 0) is 31.2 Å². The number of carbonyl (C=O) groups excluding carboxylic acids is 1. The first kappa shape index (κ1) is 15.6. The highest BCUT2D eigenvalue weighted by atomic mass is 16.5. The highest BCUT2D eigenvalue weighted by molar-refractivity contribution is 6.01. The van der Waals surface area contributed by atoms with Crippen LogP contribution in [0.5, 0.6) is 0 Å². The van der Waals surface area contributed by atoms with Gasteiger partial charge in [-0.3, -0.25) is 0 Å². The molecule has 0 saturated carbocycles. The Morgan fingerprint density at radius 2 is 1.88 bits per heavy atom. The molecule has 3 rings (SSSR count). The number of para-hydroxylation sites is 2. The van der Waals surface area contributed by atoms with Crippen molar-refractivity contribution in [1.82, 2.24) is 4.57 Å². The first-order valence-electron chi connectivity index (χ1n) is 7.69. The number of esters is 1. The van der Waals surface area contributed by atoms with E-state index in [1.165, 1.54) is 0 Å². The number of hydrogen-bond donors (Lipinski definition) is 0. The van der Waals surface area contributed by atoms with E-state index in [2.05, 4.69) is 0 Å². The second kappa shape index (κ2) is 6.84. The maximum absolute atomic E-state index is 11.9. The maximum atomic E-state index is 11.9. The van der Waals surface area contributed by atoms with Crippen molar-refractivity contribution in [2.45, 2.75) is 6.92 Å². The largest absolute Gasteiger partial charge is 0.462 e. The van der Waals surface area contributed by atoms with E-state index in [4.69, 9.17) is 4.74 Å². The van der Waals surface area contributed by atoms with Gasteiger partial charge in [0.1, 0.15) is 11.6 Å². The van der Waals surface area contributed by atoms with Crippen molar-refractivity contribution in [3.05, 3.63) is 71.9 Å². The first-order valence-corrected chi connectivity index (χ1v) is 7.69. The number of fused-ring (bicyclic) bond motifs is 1. The van der Waals surface area contributed by atoms with Gasteiger partial charge in [-0.25, -0.2) is 4.79 Å². The van der Waals surface area contributed by atoms with E-state index in [9.17, 15) is 10.1 Å². The number of benzene rings is 2. The van der Waals surface area contributed by atoms with Crippen molar-refractivity contribution in [2.75, 3.05) is 6.61 Å². The van der Waals surface area contributed by atoms with Crippen molar-refractivity contribution >= 4 is 22.9 Å². The lowest BCUT2D eigenvalue weighted by atomic mass is 10.1. The normalized spacial score (nSPS) is 11.2. The molecule has 0 radical (unpaired) electrons. The molecule has 4 heteroatoms. The number of hydrogen-bond acceptors (Lipinski definition) is 3. The van der Waals surface area contributed by atoms with Gasteiger partial charge in [0.2, 0.25) is 0 Å². The molecule has 1 heterocycles. The zero-order valence-corrected chi connectivity index (χ0v) is 13.3. The second-order valence-electron chi connectivity index (χ2n) is 5.20. The Morgan fingerprint density at radius 1 is 1.17 bits per heavy atom. The van der Waals surface area contributed by atoms with Crippen LogP contribution in [0, 0.1) is 11.3 Å². The molecule has 0 aliphatic rings. The fourth-order valence-electron chi connectivity index (χ4n) is 2.62. The van der Waals surface area contributed by atoms with Crippen LogP contribution < -0.4 is 0 Å². The Bertz CT molecular complexity index is 947. The number of carbonyl (C=O) groups is 1.